The van der Waals surface area contributed by atoms with Gasteiger partial charge in [0.05, 0.1) is 10.0 Å². The van der Waals surface area contributed by atoms with E-state index in [9.17, 15) is 9.59 Å². The van der Waals surface area contributed by atoms with Crippen LogP contribution in [0.1, 0.15) is 15.2 Å². The fourth-order valence-electron chi connectivity index (χ4n) is 2.22. The summed E-state index contributed by atoms with van der Waals surface area (Å²) in [7, 11) is 0. The van der Waals surface area contributed by atoms with Crippen LogP contribution in [0.3, 0.4) is 0 Å². The lowest BCUT2D eigenvalue weighted by molar-refractivity contribution is 0.0956. The van der Waals surface area contributed by atoms with Gasteiger partial charge in [-0.2, -0.15) is 0 Å². The molecule has 112 valence electrons. The first-order chi connectivity index (χ1) is 10.6. The highest BCUT2D eigenvalue weighted by Crippen LogP contribution is 2.28. The lowest BCUT2D eigenvalue weighted by Gasteiger charge is -2.07. The summed E-state index contributed by atoms with van der Waals surface area (Å²) in [5, 5.41) is 4.19. The Bertz CT molecular complexity index is 917. The molecule has 0 saturated heterocycles. The number of pyridine rings is 1. The van der Waals surface area contributed by atoms with Gasteiger partial charge in [0.25, 0.3) is 11.5 Å². The zero-order valence-corrected chi connectivity index (χ0v) is 12.9. The van der Waals surface area contributed by atoms with Gasteiger partial charge in [-0.25, -0.2) is 0 Å². The van der Waals surface area contributed by atoms with Crippen molar-refractivity contribution in [3.8, 4) is 0 Å². The normalized spacial score (nSPS) is 10.8. The number of carbonyl (C=O) groups excluding carboxylic acids is 1. The van der Waals surface area contributed by atoms with Crippen molar-refractivity contribution in [2.24, 2.45) is 0 Å². The summed E-state index contributed by atoms with van der Waals surface area (Å²) in [6.45, 7) is 0.283. The largest absolute Gasteiger partial charge is 0.397 e. The Kier molecular flexibility index (Phi) is 3.87. The number of carbonyl (C=O) groups is 1. The van der Waals surface area contributed by atoms with Crippen LogP contribution in [0.2, 0.25) is 4.34 Å². The summed E-state index contributed by atoms with van der Waals surface area (Å²) in [6.07, 6.45) is 1.61. The van der Waals surface area contributed by atoms with Gasteiger partial charge in [-0.05, 0) is 23.1 Å². The number of rotatable bonds is 3. The van der Waals surface area contributed by atoms with E-state index in [1.807, 2.05) is 12.1 Å². The zero-order valence-electron chi connectivity index (χ0n) is 11.4. The number of hydrogen-bond acceptors (Lipinski definition) is 4. The molecule has 1 aromatic carbocycles. The standard InChI is InChI=1S/C15H12ClN3O2S/c16-12-5-11(17)13(22-12)15(21)19-7-8-6-18-14(20)10-4-2-1-3-9(8)10/h1-6H,7,17H2,(H,18,20)(H,19,21). The maximum atomic E-state index is 12.1. The fourth-order valence-corrected chi connectivity index (χ4v) is 3.29. The van der Waals surface area contributed by atoms with E-state index < -0.39 is 0 Å². The van der Waals surface area contributed by atoms with Crippen molar-refractivity contribution < 1.29 is 4.79 Å². The van der Waals surface area contributed by atoms with E-state index in [-0.39, 0.29) is 18.0 Å². The van der Waals surface area contributed by atoms with Gasteiger partial charge in [0, 0.05) is 18.1 Å². The summed E-state index contributed by atoms with van der Waals surface area (Å²) in [5.41, 5.74) is 6.77. The minimum atomic E-state index is -0.287. The number of fused-ring (bicyclic) bond motifs is 1. The second kappa shape index (κ2) is 5.82. The highest BCUT2D eigenvalue weighted by molar-refractivity contribution is 7.18. The summed E-state index contributed by atoms with van der Waals surface area (Å²) in [6, 6.07) is 8.80. The molecule has 2 heterocycles. The molecule has 0 aliphatic heterocycles. The third kappa shape index (κ3) is 2.70. The molecule has 0 saturated carbocycles. The molecule has 0 aliphatic rings. The molecule has 0 spiro atoms. The Morgan fingerprint density at radius 1 is 1.32 bits per heavy atom. The molecule has 4 N–H and O–H groups in total. The fraction of sp³-hybridized carbons (Fsp3) is 0.0667. The molecule has 7 heteroatoms. The van der Waals surface area contributed by atoms with Gasteiger partial charge >= 0.3 is 0 Å². The van der Waals surface area contributed by atoms with Gasteiger partial charge in [-0.1, -0.05) is 29.8 Å². The Morgan fingerprint density at radius 3 is 2.73 bits per heavy atom. The molecular weight excluding hydrogens is 322 g/mol. The van der Waals surface area contributed by atoms with E-state index in [0.29, 0.717) is 20.3 Å². The van der Waals surface area contributed by atoms with Gasteiger partial charge in [0.1, 0.15) is 4.88 Å². The third-order valence-corrected chi connectivity index (χ3v) is 4.55. The average Bonchev–Trinajstić information content (AvgIpc) is 2.85. The minimum Gasteiger partial charge on any atom is -0.397 e. The summed E-state index contributed by atoms with van der Waals surface area (Å²) >= 11 is 6.98. The van der Waals surface area contributed by atoms with Crippen LogP contribution < -0.4 is 16.6 Å². The number of amides is 1. The van der Waals surface area contributed by atoms with E-state index in [0.717, 1.165) is 22.3 Å². The summed E-state index contributed by atoms with van der Waals surface area (Å²) in [5.74, 6) is -0.287. The smallest absolute Gasteiger partial charge is 0.263 e. The molecule has 1 amide bonds. The molecule has 0 atom stereocenters. The molecule has 3 rings (SSSR count). The van der Waals surface area contributed by atoms with E-state index >= 15 is 0 Å². The Hall–Kier alpha value is -2.31. The number of aromatic nitrogens is 1. The molecule has 2 aromatic heterocycles. The number of nitrogen functional groups attached to an aromatic ring is 1. The topological polar surface area (TPSA) is 88.0 Å². The van der Waals surface area contributed by atoms with Crippen LogP contribution in [0.5, 0.6) is 0 Å². The lowest BCUT2D eigenvalue weighted by atomic mass is 10.1. The predicted molar refractivity (Wildman–Crippen MR) is 89.5 cm³/mol. The summed E-state index contributed by atoms with van der Waals surface area (Å²) in [4.78, 5) is 27.0. The monoisotopic (exact) mass is 333 g/mol. The van der Waals surface area contributed by atoms with Gasteiger partial charge in [-0.15, -0.1) is 11.3 Å². The van der Waals surface area contributed by atoms with E-state index in [1.165, 1.54) is 0 Å². The number of anilines is 1. The maximum absolute atomic E-state index is 12.1. The van der Waals surface area contributed by atoms with Crippen LogP contribution in [-0.4, -0.2) is 10.9 Å². The molecular formula is C15H12ClN3O2S. The average molecular weight is 334 g/mol. The van der Waals surface area contributed by atoms with Crippen molar-refractivity contribution in [1.82, 2.24) is 10.3 Å². The van der Waals surface area contributed by atoms with Crippen molar-refractivity contribution in [2.75, 3.05) is 5.73 Å². The molecule has 0 bridgehead atoms. The predicted octanol–water partition coefficient (Wildman–Crippen LogP) is 2.76. The van der Waals surface area contributed by atoms with Crippen LogP contribution in [0.15, 0.2) is 41.3 Å². The van der Waals surface area contributed by atoms with Crippen molar-refractivity contribution in [3.05, 3.63) is 61.7 Å². The Labute approximate surface area is 134 Å². The first kappa shape index (κ1) is 14.6. The lowest BCUT2D eigenvalue weighted by Crippen LogP contribution is -2.23. The SMILES string of the molecule is Nc1cc(Cl)sc1C(=O)NCc1c[nH]c(=O)c2ccccc12. The highest BCUT2D eigenvalue weighted by Gasteiger charge is 2.14. The number of benzene rings is 1. The number of hydrogen-bond donors (Lipinski definition) is 3. The number of thiophene rings is 1. The summed E-state index contributed by atoms with van der Waals surface area (Å²) < 4.78 is 0.470. The van der Waals surface area contributed by atoms with Crippen LogP contribution in [0.4, 0.5) is 5.69 Å². The molecule has 22 heavy (non-hydrogen) atoms. The number of aromatic amines is 1. The number of nitrogens with one attached hydrogen (secondary N) is 2. The minimum absolute atomic E-state index is 0.153. The number of H-pyrrole nitrogens is 1. The van der Waals surface area contributed by atoms with Gasteiger partial charge in [0.15, 0.2) is 0 Å². The molecule has 0 fully saturated rings. The Balaban J connectivity index is 1.86. The van der Waals surface area contributed by atoms with Crippen LogP contribution in [0.25, 0.3) is 10.8 Å². The van der Waals surface area contributed by atoms with Crippen molar-refractivity contribution in [1.29, 1.82) is 0 Å². The Morgan fingerprint density at radius 2 is 2.05 bits per heavy atom. The van der Waals surface area contributed by atoms with E-state index in [1.54, 1.807) is 24.4 Å². The second-order valence-corrected chi connectivity index (χ2v) is 6.39. The van der Waals surface area contributed by atoms with Crippen LogP contribution >= 0.6 is 22.9 Å². The van der Waals surface area contributed by atoms with Gasteiger partial charge in [-0.3, -0.25) is 9.59 Å². The van der Waals surface area contributed by atoms with Crippen LogP contribution in [0, 0.1) is 0 Å². The first-order valence-electron chi connectivity index (χ1n) is 6.48. The van der Waals surface area contributed by atoms with Crippen molar-refractivity contribution >= 4 is 45.3 Å². The maximum Gasteiger partial charge on any atom is 0.263 e. The number of halogens is 1. The molecule has 0 radical (unpaired) electrons. The molecule has 5 nitrogen and oxygen atoms in total. The van der Waals surface area contributed by atoms with Gasteiger partial charge < -0.3 is 16.0 Å². The van der Waals surface area contributed by atoms with E-state index in [2.05, 4.69) is 10.3 Å². The van der Waals surface area contributed by atoms with Crippen molar-refractivity contribution in [2.45, 2.75) is 6.54 Å². The molecule has 0 aliphatic carbocycles. The zero-order chi connectivity index (χ0) is 15.7. The molecule has 3 aromatic rings. The van der Waals surface area contributed by atoms with E-state index in [4.69, 9.17) is 17.3 Å². The first-order valence-corrected chi connectivity index (χ1v) is 7.68. The van der Waals surface area contributed by atoms with Gasteiger partial charge in [0.2, 0.25) is 0 Å². The van der Waals surface area contributed by atoms with Crippen molar-refractivity contribution in [3.63, 3.8) is 0 Å². The highest BCUT2D eigenvalue weighted by atomic mass is 35.5. The molecule has 0 unspecified atom stereocenters. The second-order valence-electron chi connectivity index (χ2n) is 4.71. The number of nitrogens with two attached hydrogens (primary N) is 1. The third-order valence-electron chi connectivity index (χ3n) is 3.27. The van der Waals surface area contributed by atoms with Crippen LogP contribution in [-0.2, 0) is 6.54 Å². The quantitative estimate of drug-likeness (QED) is 0.688.